The molecule has 0 radical (unpaired) electrons. The zero-order chi connectivity index (χ0) is 25.9. The van der Waals surface area contributed by atoms with Gasteiger partial charge in [0.05, 0.1) is 22.7 Å². The minimum Gasteiger partial charge on any atom is -0.365 e. The lowest BCUT2D eigenvalue weighted by molar-refractivity contribution is 0.607. The van der Waals surface area contributed by atoms with E-state index in [9.17, 15) is 0 Å². The van der Waals surface area contributed by atoms with Crippen molar-refractivity contribution in [3.05, 3.63) is 77.9 Å². The van der Waals surface area contributed by atoms with Gasteiger partial charge >= 0.3 is 0 Å². The summed E-state index contributed by atoms with van der Waals surface area (Å²) in [6, 6.07) is 26.1. The Bertz CT molecular complexity index is 1010. The topological polar surface area (TPSA) is 9.72 Å². The van der Waals surface area contributed by atoms with Gasteiger partial charge in [-0.1, -0.05) is 30.3 Å². The van der Waals surface area contributed by atoms with Gasteiger partial charge in [0.2, 0.25) is 0 Å². The monoisotopic (exact) mass is 471 g/mol. The lowest BCUT2D eigenvalue weighted by Crippen LogP contribution is -2.39. The molecule has 0 bridgehead atoms. The van der Waals surface area contributed by atoms with Crippen molar-refractivity contribution in [3.8, 4) is 0 Å². The van der Waals surface area contributed by atoms with E-state index in [2.05, 4.69) is 151 Å². The van der Waals surface area contributed by atoms with Crippen molar-refractivity contribution in [2.75, 3.05) is 14.7 Å². The zero-order valence-electron chi connectivity index (χ0n) is 23.5. The molecule has 3 heteroatoms. The van der Waals surface area contributed by atoms with Gasteiger partial charge in [0.25, 0.3) is 0 Å². The van der Waals surface area contributed by atoms with Crippen molar-refractivity contribution in [1.29, 1.82) is 0 Å². The largest absolute Gasteiger partial charge is 0.365 e. The van der Waals surface area contributed by atoms with E-state index in [1.807, 2.05) is 0 Å². The first-order valence-electron chi connectivity index (χ1n) is 13.2. The van der Waals surface area contributed by atoms with E-state index in [0.29, 0.717) is 24.2 Å². The van der Waals surface area contributed by atoms with Crippen LogP contribution in [0.25, 0.3) is 0 Å². The van der Waals surface area contributed by atoms with E-state index in [4.69, 9.17) is 0 Å². The third-order valence-corrected chi connectivity index (χ3v) is 6.54. The average Bonchev–Trinajstić information content (AvgIpc) is 2.76. The maximum absolute atomic E-state index is 2.54. The Kier molecular flexibility index (Phi) is 8.53. The molecule has 0 saturated heterocycles. The van der Waals surface area contributed by atoms with Crippen molar-refractivity contribution in [2.45, 2.75) is 93.4 Å². The molecule has 3 rings (SSSR count). The van der Waals surface area contributed by atoms with Gasteiger partial charge in [-0.3, -0.25) is 0 Å². The Morgan fingerprint density at radius 3 is 1.17 bits per heavy atom. The maximum Gasteiger partial charge on any atom is 0.0696 e. The number of benzene rings is 3. The van der Waals surface area contributed by atoms with Gasteiger partial charge in [-0.25, -0.2) is 0 Å². The summed E-state index contributed by atoms with van der Waals surface area (Å²) in [5.41, 5.74) is 8.68. The van der Waals surface area contributed by atoms with Crippen LogP contribution in [-0.2, 0) is 0 Å². The Labute approximate surface area is 214 Å². The fourth-order valence-electron chi connectivity index (χ4n) is 5.35. The van der Waals surface area contributed by atoms with E-state index < -0.39 is 0 Å². The molecule has 0 fully saturated rings. The third kappa shape index (κ3) is 5.83. The van der Waals surface area contributed by atoms with Gasteiger partial charge in [-0.15, -0.1) is 0 Å². The summed E-state index contributed by atoms with van der Waals surface area (Å²) >= 11 is 0. The SMILES string of the molecule is Cc1ccc(N(c2ccccc2)c2ccc(C)cc2N(C(C)C)C(C)C)c(N(C(C)C)C(C)C)c1. The molecular weight excluding hydrogens is 426 g/mol. The van der Waals surface area contributed by atoms with Crippen LogP contribution in [0.15, 0.2) is 66.7 Å². The van der Waals surface area contributed by atoms with Crippen LogP contribution in [-0.4, -0.2) is 24.2 Å². The van der Waals surface area contributed by atoms with Crippen molar-refractivity contribution >= 4 is 28.4 Å². The minimum atomic E-state index is 0.383. The van der Waals surface area contributed by atoms with E-state index >= 15 is 0 Å². The molecule has 0 saturated carbocycles. The molecular formula is C32H45N3. The Balaban J connectivity index is 2.39. The van der Waals surface area contributed by atoms with Crippen LogP contribution in [0.5, 0.6) is 0 Å². The van der Waals surface area contributed by atoms with Crippen molar-refractivity contribution in [2.24, 2.45) is 0 Å². The van der Waals surface area contributed by atoms with E-state index in [1.54, 1.807) is 0 Å². The molecule has 35 heavy (non-hydrogen) atoms. The van der Waals surface area contributed by atoms with E-state index in [-0.39, 0.29) is 0 Å². The quantitative estimate of drug-likeness (QED) is 0.308. The molecule has 0 N–H and O–H groups in total. The summed E-state index contributed by atoms with van der Waals surface area (Å²) in [5.74, 6) is 0. The van der Waals surface area contributed by atoms with Crippen LogP contribution in [0.1, 0.15) is 66.5 Å². The molecule has 0 atom stereocenters. The molecule has 188 valence electrons. The number of anilines is 5. The first kappa shape index (κ1) is 26.7. The van der Waals surface area contributed by atoms with Gasteiger partial charge in [0.15, 0.2) is 0 Å². The predicted octanol–water partition coefficient (Wildman–Crippen LogP) is 9.02. The molecule has 0 aliphatic heterocycles. The fraction of sp³-hybridized carbons (Fsp3) is 0.438. The first-order chi connectivity index (χ1) is 16.5. The molecule has 0 aliphatic carbocycles. The normalized spacial score (nSPS) is 11.6. The second-order valence-electron chi connectivity index (χ2n) is 10.8. The van der Waals surface area contributed by atoms with Crippen molar-refractivity contribution in [3.63, 3.8) is 0 Å². The van der Waals surface area contributed by atoms with Crippen molar-refractivity contribution in [1.82, 2.24) is 0 Å². The standard InChI is InChI=1S/C32H45N3/c1-22(2)33(23(3)4)31-20-26(9)16-18-29(31)35(28-14-12-11-13-15-28)30-19-17-27(10)21-32(30)34(24(5)6)25(7)8/h11-25H,1-10H3. The summed E-state index contributed by atoms with van der Waals surface area (Å²) < 4.78 is 0. The number of hydrogen-bond acceptors (Lipinski definition) is 3. The Hall–Kier alpha value is -2.94. The number of nitrogens with zero attached hydrogens (tertiary/aromatic N) is 3. The number of para-hydroxylation sites is 1. The highest BCUT2D eigenvalue weighted by atomic mass is 15.3. The second-order valence-corrected chi connectivity index (χ2v) is 10.8. The molecule has 3 aromatic rings. The number of hydrogen-bond donors (Lipinski definition) is 0. The average molecular weight is 472 g/mol. The molecule has 0 unspecified atom stereocenters. The lowest BCUT2D eigenvalue weighted by atomic mass is 10.0. The lowest BCUT2D eigenvalue weighted by Gasteiger charge is -2.40. The smallest absolute Gasteiger partial charge is 0.0696 e. The van der Waals surface area contributed by atoms with Crippen molar-refractivity contribution < 1.29 is 0 Å². The van der Waals surface area contributed by atoms with E-state index in [0.717, 1.165) is 0 Å². The molecule has 0 heterocycles. The summed E-state index contributed by atoms with van der Waals surface area (Å²) in [7, 11) is 0. The summed E-state index contributed by atoms with van der Waals surface area (Å²) in [6.07, 6.45) is 0. The van der Waals surface area contributed by atoms with Gasteiger partial charge in [-0.2, -0.15) is 0 Å². The van der Waals surface area contributed by atoms with Gasteiger partial charge < -0.3 is 14.7 Å². The number of rotatable bonds is 9. The third-order valence-electron chi connectivity index (χ3n) is 6.54. The van der Waals surface area contributed by atoms with Crippen LogP contribution in [0, 0.1) is 13.8 Å². The minimum absolute atomic E-state index is 0.383. The van der Waals surface area contributed by atoms with Crippen LogP contribution in [0.3, 0.4) is 0 Å². The molecule has 0 aliphatic rings. The Morgan fingerprint density at radius 2 is 0.829 bits per heavy atom. The Morgan fingerprint density at radius 1 is 0.457 bits per heavy atom. The summed E-state index contributed by atoms with van der Waals surface area (Å²) in [4.78, 5) is 7.53. The highest BCUT2D eigenvalue weighted by Crippen LogP contribution is 2.46. The summed E-state index contributed by atoms with van der Waals surface area (Å²) in [5, 5.41) is 0. The predicted molar refractivity (Wildman–Crippen MR) is 156 cm³/mol. The van der Waals surface area contributed by atoms with Crippen LogP contribution >= 0.6 is 0 Å². The molecule has 3 nitrogen and oxygen atoms in total. The van der Waals surface area contributed by atoms with Gasteiger partial charge in [0.1, 0.15) is 0 Å². The van der Waals surface area contributed by atoms with E-state index in [1.165, 1.54) is 39.6 Å². The molecule has 0 aromatic heterocycles. The van der Waals surface area contributed by atoms with Crippen LogP contribution in [0.4, 0.5) is 28.4 Å². The molecule has 0 amide bonds. The van der Waals surface area contributed by atoms with Crippen LogP contribution < -0.4 is 14.7 Å². The molecule has 3 aromatic carbocycles. The van der Waals surface area contributed by atoms with Gasteiger partial charge in [-0.05, 0) is 117 Å². The molecule has 0 spiro atoms. The summed E-state index contributed by atoms with van der Waals surface area (Å²) in [6.45, 7) is 22.7. The van der Waals surface area contributed by atoms with Gasteiger partial charge in [0, 0.05) is 29.9 Å². The first-order valence-corrected chi connectivity index (χ1v) is 13.2. The fourth-order valence-corrected chi connectivity index (χ4v) is 5.35. The highest BCUT2D eigenvalue weighted by Gasteiger charge is 2.27. The zero-order valence-corrected chi connectivity index (χ0v) is 23.5. The number of aryl methyl sites for hydroxylation is 2. The van der Waals surface area contributed by atoms with Crippen LogP contribution in [0.2, 0.25) is 0 Å². The second kappa shape index (κ2) is 11.2. The maximum atomic E-state index is 2.54. The highest BCUT2D eigenvalue weighted by molar-refractivity contribution is 5.91.